The molecule has 1 aromatic rings. The van der Waals surface area contributed by atoms with Crippen LogP contribution in [0.4, 0.5) is 13.2 Å². The number of methoxy groups -OCH3 is 1. The molecule has 6 heteroatoms. The highest BCUT2D eigenvalue weighted by molar-refractivity contribution is 5.88. The SMILES string of the molecule is CO[C@](C(=O)N1CCCC[C@H]1C)(c1ccccc1)C(F)(F)F. The van der Waals surface area contributed by atoms with Crippen molar-refractivity contribution >= 4 is 5.91 Å². The van der Waals surface area contributed by atoms with E-state index in [1.165, 1.54) is 29.2 Å². The van der Waals surface area contributed by atoms with E-state index in [0.29, 0.717) is 19.4 Å². The van der Waals surface area contributed by atoms with Crippen LogP contribution in [-0.4, -0.2) is 36.7 Å². The molecule has 0 radical (unpaired) electrons. The number of hydrogen-bond acceptors (Lipinski definition) is 2. The fourth-order valence-corrected chi connectivity index (χ4v) is 3.00. The average molecular weight is 315 g/mol. The zero-order valence-electron chi connectivity index (χ0n) is 12.7. The largest absolute Gasteiger partial charge is 0.430 e. The molecule has 0 saturated carbocycles. The maximum Gasteiger partial charge on any atom is 0.430 e. The summed E-state index contributed by atoms with van der Waals surface area (Å²) in [6.07, 6.45) is -2.50. The molecule has 0 N–H and O–H groups in total. The summed E-state index contributed by atoms with van der Waals surface area (Å²) >= 11 is 0. The van der Waals surface area contributed by atoms with E-state index in [0.717, 1.165) is 13.5 Å². The number of likely N-dealkylation sites (tertiary alicyclic amines) is 1. The van der Waals surface area contributed by atoms with Gasteiger partial charge in [0.1, 0.15) is 0 Å². The Morgan fingerprint density at radius 1 is 1.23 bits per heavy atom. The summed E-state index contributed by atoms with van der Waals surface area (Å²) in [5, 5.41) is 0. The minimum Gasteiger partial charge on any atom is -0.356 e. The number of alkyl halides is 3. The molecular formula is C16H20F3NO2. The molecule has 0 bridgehead atoms. The second-order valence-corrected chi connectivity index (χ2v) is 5.59. The van der Waals surface area contributed by atoms with E-state index in [9.17, 15) is 18.0 Å². The van der Waals surface area contributed by atoms with Crippen LogP contribution in [0, 0.1) is 0 Å². The van der Waals surface area contributed by atoms with Gasteiger partial charge in [-0.3, -0.25) is 4.79 Å². The molecule has 1 amide bonds. The van der Waals surface area contributed by atoms with Crippen LogP contribution in [0.3, 0.4) is 0 Å². The number of carbonyl (C=O) groups excluding carboxylic acids is 1. The summed E-state index contributed by atoms with van der Waals surface area (Å²) in [4.78, 5) is 14.1. The van der Waals surface area contributed by atoms with Crippen molar-refractivity contribution in [2.75, 3.05) is 13.7 Å². The normalized spacial score (nSPS) is 22.2. The highest BCUT2D eigenvalue weighted by atomic mass is 19.4. The van der Waals surface area contributed by atoms with E-state index in [1.807, 2.05) is 0 Å². The fraction of sp³-hybridized carbons (Fsp3) is 0.562. The lowest BCUT2D eigenvalue weighted by Gasteiger charge is -2.41. The van der Waals surface area contributed by atoms with Crippen LogP contribution in [0.5, 0.6) is 0 Å². The Labute approximate surface area is 128 Å². The number of benzene rings is 1. The van der Waals surface area contributed by atoms with Gasteiger partial charge in [0.2, 0.25) is 0 Å². The lowest BCUT2D eigenvalue weighted by molar-refractivity contribution is -0.271. The van der Waals surface area contributed by atoms with Crippen molar-refractivity contribution in [1.29, 1.82) is 0 Å². The minimum atomic E-state index is -4.84. The van der Waals surface area contributed by atoms with Crippen LogP contribution in [0.15, 0.2) is 30.3 Å². The third-order valence-electron chi connectivity index (χ3n) is 4.25. The van der Waals surface area contributed by atoms with Crippen LogP contribution < -0.4 is 0 Å². The zero-order chi connectivity index (χ0) is 16.4. The van der Waals surface area contributed by atoms with Gasteiger partial charge in [0.25, 0.3) is 11.5 Å². The van der Waals surface area contributed by atoms with Crippen molar-refractivity contribution in [2.24, 2.45) is 0 Å². The van der Waals surface area contributed by atoms with Crippen molar-refractivity contribution in [3.63, 3.8) is 0 Å². The van der Waals surface area contributed by atoms with Gasteiger partial charge < -0.3 is 9.64 Å². The summed E-state index contributed by atoms with van der Waals surface area (Å²) in [5.41, 5.74) is -3.13. The van der Waals surface area contributed by atoms with Crippen molar-refractivity contribution in [2.45, 2.75) is 44.0 Å². The Bertz CT molecular complexity index is 518. The van der Waals surface area contributed by atoms with E-state index < -0.39 is 17.7 Å². The Morgan fingerprint density at radius 3 is 2.36 bits per heavy atom. The predicted molar refractivity (Wildman–Crippen MR) is 76.2 cm³/mol. The first-order valence-electron chi connectivity index (χ1n) is 7.33. The van der Waals surface area contributed by atoms with Gasteiger partial charge in [0, 0.05) is 25.3 Å². The first kappa shape index (κ1) is 16.8. The van der Waals surface area contributed by atoms with Crippen molar-refractivity contribution in [3.05, 3.63) is 35.9 Å². The maximum atomic E-state index is 13.8. The summed E-state index contributed by atoms with van der Waals surface area (Å²) in [7, 11) is 0.938. The van der Waals surface area contributed by atoms with Crippen LogP contribution in [0.1, 0.15) is 31.7 Å². The quantitative estimate of drug-likeness (QED) is 0.854. The molecule has 1 aliphatic rings. The summed E-state index contributed by atoms with van der Waals surface area (Å²) in [6, 6.07) is 6.90. The first-order chi connectivity index (χ1) is 10.3. The van der Waals surface area contributed by atoms with E-state index in [1.54, 1.807) is 13.0 Å². The molecule has 22 heavy (non-hydrogen) atoms. The predicted octanol–water partition coefficient (Wildman–Crippen LogP) is 3.49. The third-order valence-corrected chi connectivity index (χ3v) is 4.25. The second-order valence-electron chi connectivity index (χ2n) is 5.59. The van der Waals surface area contributed by atoms with Crippen molar-refractivity contribution in [1.82, 2.24) is 4.90 Å². The summed E-state index contributed by atoms with van der Waals surface area (Å²) < 4.78 is 46.3. The van der Waals surface area contributed by atoms with E-state index in [2.05, 4.69) is 0 Å². The summed E-state index contributed by atoms with van der Waals surface area (Å²) in [6.45, 7) is 2.10. The topological polar surface area (TPSA) is 29.5 Å². The van der Waals surface area contributed by atoms with Crippen LogP contribution in [-0.2, 0) is 15.1 Å². The lowest BCUT2D eigenvalue weighted by Crippen LogP contribution is -2.59. The van der Waals surface area contributed by atoms with Gasteiger partial charge in [0.15, 0.2) is 0 Å². The number of halogens is 3. The molecule has 1 aromatic carbocycles. The number of carbonyl (C=O) groups is 1. The van der Waals surface area contributed by atoms with Crippen LogP contribution in [0.2, 0.25) is 0 Å². The van der Waals surface area contributed by atoms with Gasteiger partial charge in [-0.1, -0.05) is 30.3 Å². The average Bonchev–Trinajstić information content (AvgIpc) is 2.48. The minimum absolute atomic E-state index is 0.187. The number of amides is 1. The molecule has 1 heterocycles. The van der Waals surface area contributed by atoms with Crippen molar-refractivity contribution < 1.29 is 22.7 Å². The molecule has 3 nitrogen and oxygen atoms in total. The molecule has 122 valence electrons. The Hall–Kier alpha value is -1.56. The van der Waals surface area contributed by atoms with Gasteiger partial charge in [-0.05, 0) is 26.2 Å². The lowest BCUT2D eigenvalue weighted by atomic mass is 9.89. The van der Waals surface area contributed by atoms with Gasteiger partial charge in [-0.25, -0.2) is 0 Å². The maximum absolute atomic E-state index is 13.8. The second kappa shape index (κ2) is 6.28. The van der Waals surface area contributed by atoms with E-state index >= 15 is 0 Å². The molecule has 0 unspecified atom stereocenters. The van der Waals surface area contributed by atoms with Gasteiger partial charge in [-0.15, -0.1) is 0 Å². The third kappa shape index (κ3) is 2.72. The highest BCUT2D eigenvalue weighted by Crippen LogP contribution is 2.44. The molecule has 2 rings (SSSR count). The highest BCUT2D eigenvalue weighted by Gasteiger charge is 2.64. The molecule has 1 aliphatic heterocycles. The van der Waals surface area contributed by atoms with E-state index in [-0.39, 0.29) is 11.6 Å². The molecule has 1 saturated heterocycles. The van der Waals surface area contributed by atoms with E-state index in [4.69, 9.17) is 4.74 Å². The number of rotatable bonds is 3. The standard InChI is InChI=1S/C16H20F3NO2/c1-12-8-6-7-11-20(12)14(21)15(22-2,16(17,18)19)13-9-4-3-5-10-13/h3-5,9-10,12H,6-8,11H2,1-2H3/t12-,15+/m1/s1. The zero-order valence-corrected chi connectivity index (χ0v) is 12.7. The number of nitrogens with zero attached hydrogens (tertiary/aromatic N) is 1. The Kier molecular flexibility index (Phi) is 4.80. The fourth-order valence-electron chi connectivity index (χ4n) is 3.00. The van der Waals surface area contributed by atoms with Crippen LogP contribution >= 0.6 is 0 Å². The number of ether oxygens (including phenoxy) is 1. The molecular weight excluding hydrogens is 295 g/mol. The monoisotopic (exact) mass is 315 g/mol. The first-order valence-corrected chi connectivity index (χ1v) is 7.33. The summed E-state index contributed by atoms with van der Waals surface area (Å²) in [5.74, 6) is -1.03. The van der Waals surface area contributed by atoms with Crippen molar-refractivity contribution in [3.8, 4) is 0 Å². The van der Waals surface area contributed by atoms with Gasteiger partial charge >= 0.3 is 6.18 Å². The smallest absolute Gasteiger partial charge is 0.356 e. The number of hydrogen-bond donors (Lipinski definition) is 0. The Balaban J connectivity index is 2.51. The van der Waals surface area contributed by atoms with Crippen LogP contribution in [0.25, 0.3) is 0 Å². The molecule has 0 aliphatic carbocycles. The molecule has 2 atom stereocenters. The Morgan fingerprint density at radius 2 is 1.86 bits per heavy atom. The number of piperidine rings is 1. The molecule has 0 spiro atoms. The van der Waals surface area contributed by atoms with Gasteiger partial charge in [0.05, 0.1) is 0 Å². The molecule has 1 fully saturated rings. The van der Waals surface area contributed by atoms with Gasteiger partial charge in [-0.2, -0.15) is 13.2 Å². The molecule has 0 aromatic heterocycles.